The van der Waals surface area contributed by atoms with Crippen molar-refractivity contribution in [3.63, 3.8) is 0 Å². The Morgan fingerprint density at radius 3 is 2.32 bits per heavy atom. The van der Waals surface area contributed by atoms with Crippen LogP contribution in [-0.4, -0.2) is 22.8 Å². The van der Waals surface area contributed by atoms with Crippen LogP contribution in [0.25, 0.3) is 0 Å². The monoisotopic (exact) mass is 342 g/mol. The van der Waals surface area contributed by atoms with E-state index in [1.165, 1.54) is 19.1 Å². The van der Waals surface area contributed by atoms with E-state index in [4.69, 9.17) is 10.5 Å². The zero-order valence-electron chi connectivity index (χ0n) is 14.1. The van der Waals surface area contributed by atoms with Crippen LogP contribution in [0, 0.1) is 24.0 Å². The Kier molecular flexibility index (Phi) is 5.17. The first kappa shape index (κ1) is 18.1. The summed E-state index contributed by atoms with van der Waals surface area (Å²) in [5.41, 5.74) is 7.46. The van der Waals surface area contributed by atoms with E-state index in [9.17, 15) is 19.7 Å². The van der Waals surface area contributed by atoms with Crippen molar-refractivity contribution in [3.05, 3.63) is 68.8 Å². The maximum Gasteiger partial charge on any atom is 0.339 e. The largest absolute Gasteiger partial charge is 0.451 e. The van der Waals surface area contributed by atoms with Gasteiger partial charge < -0.3 is 10.5 Å². The van der Waals surface area contributed by atoms with Gasteiger partial charge >= 0.3 is 5.97 Å². The van der Waals surface area contributed by atoms with Gasteiger partial charge in [0.25, 0.3) is 5.69 Å². The first-order chi connectivity index (χ1) is 11.7. The Labute approximate surface area is 144 Å². The molecule has 130 valence electrons. The summed E-state index contributed by atoms with van der Waals surface area (Å²) in [6.45, 7) is 5.28. The second-order valence-electron chi connectivity index (χ2n) is 5.74. The van der Waals surface area contributed by atoms with Crippen LogP contribution in [0.2, 0.25) is 0 Å². The predicted octanol–water partition coefficient (Wildman–Crippen LogP) is 3.22. The minimum Gasteiger partial charge on any atom is -0.451 e. The quantitative estimate of drug-likeness (QED) is 0.293. The van der Waals surface area contributed by atoms with Crippen LogP contribution in [0.4, 0.5) is 11.4 Å². The van der Waals surface area contributed by atoms with Gasteiger partial charge in [-0.05, 0) is 50.1 Å². The highest BCUT2D eigenvalue weighted by molar-refractivity contribution is 6.01. The third-order valence-electron chi connectivity index (χ3n) is 3.91. The van der Waals surface area contributed by atoms with Gasteiger partial charge in [-0.25, -0.2) is 4.79 Å². The summed E-state index contributed by atoms with van der Waals surface area (Å²) < 4.78 is 5.15. The number of anilines is 1. The summed E-state index contributed by atoms with van der Waals surface area (Å²) in [5.74, 6) is -1.17. The van der Waals surface area contributed by atoms with E-state index in [2.05, 4.69) is 0 Å². The number of nitrogens with two attached hydrogens (primary N) is 1. The number of nitro benzene ring substituents is 1. The van der Waals surface area contributed by atoms with Gasteiger partial charge in [-0.15, -0.1) is 0 Å². The van der Waals surface area contributed by atoms with Gasteiger partial charge in [-0.3, -0.25) is 14.9 Å². The lowest BCUT2D eigenvalue weighted by molar-refractivity contribution is -0.383. The van der Waals surface area contributed by atoms with Crippen molar-refractivity contribution in [3.8, 4) is 0 Å². The van der Waals surface area contributed by atoms with Gasteiger partial charge in [0.05, 0.1) is 10.5 Å². The Hall–Kier alpha value is -3.22. The molecule has 0 aromatic heterocycles. The number of hydrogen-bond acceptors (Lipinski definition) is 6. The summed E-state index contributed by atoms with van der Waals surface area (Å²) in [6, 6.07) is 8.83. The average Bonchev–Trinajstić information content (AvgIpc) is 2.56. The summed E-state index contributed by atoms with van der Waals surface area (Å²) in [7, 11) is 0. The van der Waals surface area contributed by atoms with Crippen molar-refractivity contribution >= 4 is 23.1 Å². The van der Waals surface area contributed by atoms with Gasteiger partial charge in [0.2, 0.25) is 5.78 Å². The Morgan fingerprint density at radius 1 is 1.08 bits per heavy atom. The van der Waals surface area contributed by atoms with E-state index in [-0.39, 0.29) is 22.7 Å². The lowest BCUT2D eigenvalue weighted by atomic mass is 10.0. The number of esters is 1. The minimum atomic E-state index is -1.02. The van der Waals surface area contributed by atoms with Crippen molar-refractivity contribution < 1.29 is 19.2 Å². The van der Waals surface area contributed by atoms with Crippen molar-refractivity contribution in [1.29, 1.82) is 0 Å². The minimum absolute atomic E-state index is 0.0411. The number of nitro groups is 1. The van der Waals surface area contributed by atoms with Gasteiger partial charge in [0.1, 0.15) is 5.69 Å². The van der Waals surface area contributed by atoms with Crippen LogP contribution < -0.4 is 5.73 Å². The van der Waals surface area contributed by atoms with E-state index in [0.29, 0.717) is 5.56 Å². The van der Waals surface area contributed by atoms with Crippen molar-refractivity contribution in [2.45, 2.75) is 26.9 Å². The molecule has 2 aromatic carbocycles. The number of nitrogen functional groups attached to an aromatic ring is 1. The molecule has 1 atom stereocenters. The zero-order chi connectivity index (χ0) is 18.7. The third-order valence-corrected chi connectivity index (χ3v) is 3.91. The highest BCUT2D eigenvalue weighted by Gasteiger charge is 2.22. The number of nitrogens with zero attached hydrogens (tertiary/aromatic N) is 1. The molecule has 2 rings (SSSR count). The molecular formula is C18H18N2O5. The van der Waals surface area contributed by atoms with Crippen LogP contribution in [0.5, 0.6) is 0 Å². The van der Waals surface area contributed by atoms with Gasteiger partial charge in [-0.1, -0.05) is 12.1 Å². The standard InChI is InChI=1S/C18H18N2O5/c1-10-4-5-13(8-11(10)2)17(21)12(3)25-18(22)14-6-7-15(19)16(9-14)20(23)24/h4-9,12H,19H2,1-3H3/t12-/m1/s1. The molecule has 2 aromatic rings. The van der Waals surface area contributed by atoms with E-state index < -0.39 is 17.0 Å². The summed E-state index contributed by atoms with van der Waals surface area (Å²) >= 11 is 0. The Morgan fingerprint density at radius 2 is 1.72 bits per heavy atom. The Balaban J connectivity index is 2.16. The predicted molar refractivity (Wildman–Crippen MR) is 92.6 cm³/mol. The fourth-order valence-corrected chi connectivity index (χ4v) is 2.24. The van der Waals surface area contributed by atoms with Gasteiger partial charge in [0.15, 0.2) is 6.10 Å². The molecule has 0 amide bonds. The lowest BCUT2D eigenvalue weighted by Crippen LogP contribution is -2.24. The number of ether oxygens (including phenoxy) is 1. The number of carbonyl (C=O) groups excluding carboxylic acids is 2. The maximum atomic E-state index is 12.4. The number of rotatable bonds is 5. The van der Waals surface area contributed by atoms with Crippen LogP contribution in [0.1, 0.15) is 38.8 Å². The van der Waals surface area contributed by atoms with Crippen LogP contribution in [0.15, 0.2) is 36.4 Å². The van der Waals surface area contributed by atoms with E-state index in [1.54, 1.807) is 12.1 Å². The molecule has 7 heteroatoms. The van der Waals surface area contributed by atoms with Crippen molar-refractivity contribution in [2.75, 3.05) is 5.73 Å². The molecule has 0 bridgehead atoms. The highest BCUT2D eigenvalue weighted by atomic mass is 16.6. The number of benzene rings is 2. The third kappa shape index (κ3) is 4.00. The second kappa shape index (κ2) is 7.12. The topological polar surface area (TPSA) is 113 Å². The molecule has 0 heterocycles. The number of hydrogen-bond donors (Lipinski definition) is 1. The molecular weight excluding hydrogens is 324 g/mol. The molecule has 0 aliphatic rings. The molecule has 7 nitrogen and oxygen atoms in total. The van der Waals surface area contributed by atoms with Gasteiger partial charge in [-0.2, -0.15) is 0 Å². The molecule has 25 heavy (non-hydrogen) atoms. The Bertz CT molecular complexity index is 861. The van der Waals surface area contributed by atoms with Crippen molar-refractivity contribution in [1.82, 2.24) is 0 Å². The smallest absolute Gasteiger partial charge is 0.339 e. The fraction of sp³-hybridized carbons (Fsp3) is 0.222. The highest BCUT2D eigenvalue weighted by Crippen LogP contribution is 2.23. The zero-order valence-corrected chi connectivity index (χ0v) is 14.1. The SMILES string of the molecule is Cc1ccc(C(=O)[C@@H](C)OC(=O)c2ccc(N)c([N+](=O)[O-])c2)cc1C. The summed E-state index contributed by atoms with van der Waals surface area (Å²) in [6.07, 6.45) is -1.02. The molecule has 0 fully saturated rings. The molecule has 0 spiro atoms. The number of ketones is 1. The average molecular weight is 342 g/mol. The normalized spacial score (nSPS) is 11.6. The number of aryl methyl sites for hydroxylation is 2. The first-order valence-electron chi connectivity index (χ1n) is 7.57. The number of carbonyl (C=O) groups is 2. The number of Topliss-reactive ketones (excluding diaryl/α,β-unsaturated/α-hetero) is 1. The maximum absolute atomic E-state index is 12.4. The molecule has 0 aliphatic heterocycles. The van der Waals surface area contributed by atoms with E-state index in [0.717, 1.165) is 17.2 Å². The molecule has 0 saturated carbocycles. The summed E-state index contributed by atoms with van der Waals surface area (Å²) in [4.78, 5) is 34.8. The lowest BCUT2D eigenvalue weighted by Gasteiger charge is -2.13. The van der Waals surface area contributed by atoms with E-state index >= 15 is 0 Å². The molecule has 0 unspecified atom stereocenters. The second-order valence-corrected chi connectivity index (χ2v) is 5.74. The molecule has 2 N–H and O–H groups in total. The fourth-order valence-electron chi connectivity index (χ4n) is 2.24. The van der Waals surface area contributed by atoms with Crippen LogP contribution >= 0.6 is 0 Å². The van der Waals surface area contributed by atoms with E-state index in [1.807, 2.05) is 19.9 Å². The van der Waals surface area contributed by atoms with Gasteiger partial charge in [0, 0.05) is 11.6 Å². The molecule has 0 aliphatic carbocycles. The molecule has 0 radical (unpaired) electrons. The van der Waals surface area contributed by atoms with Crippen LogP contribution in [-0.2, 0) is 4.74 Å². The molecule has 0 saturated heterocycles. The summed E-state index contributed by atoms with van der Waals surface area (Å²) in [5, 5.41) is 10.9. The van der Waals surface area contributed by atoms with Crippen LogP contribution in [0.3, 0.4) is 0 Å². The van der Waals surface area contributed by atoms with Crippen molar-refractivity contribution in [2.24, 2.45) is 0 Å². The first-order valence-corrected chi connectivity index (χ1v) is 7.57.